The van der Waals surface area contributed by atoms with Crippen molar-refractivity contribution in [2.75, 3.05) is 13.7 Å². The molecule has 2 rings (SSSR count). The van der Waals surface area contributed by atoms with E-state index in [9.17, 15) is 4.39 Å². The molecule has 1 fully saturated rings. The van der Waals surface area contributed by atoms with Gasteiger partial charge in [0, 0.05) is 11.6 Å². The highest BCUT2D eigenvalue weighted by atomic mass is 79.9. The Labute approximate surface area is 103 Å². The zero-order chi connectivity index (χ0) is 11.5. The van der Waals surface area contributed by atoms with Gasteiger partial charge in [0.15, 0.2) is 0 Å². The van der Waals surface area contributed by atoms with Crippen molar-refractivity contribution < 1.29 is 9.13 Å². The second-order valence-electron chi connectivity index (χ2n) is 3.98. The quantitative estimate of drug-likeness (QED) is 0.900. The molecular weight excluding hydrogens is 273 g/mol. The van der Waals surface area contributed by atoms with E-state index in [2.05, 4.69) is 21.2 Å². The molecule has 0 amide bonds. The van der Waals surface area contributed by atoms with E-state index in [-0.39, 0.29) is 11.9 Å². The molecule has 88 valence electrons. The Balaban J connectivity index is 2.39. The van der Waals surface area contributed by atoms with Crippen LogP contribution in [0.3, 0.4) is 0 Å². The van der Waals surface area contributed by atoms with Crippen LogP contribution in [0.25, 0.3) is 0 Å². The van der Waals surface area contributed by atoms with Gasteiger partial charge < -0.3 is 10.1 Å². The van der Waals surface area contributed by atoms with Crippen LogP contribution in [0.1, 0.15) is 30.9 Å². The van der Waals surface area contributed by atoms with Crippen molar-refractivity contribution in [2.45, 2.75) is 25.3 Å². The van der Waals surface area contributed by atoms with E-state index in [1.165, 1.54) is 0 Å². The van der Waals surface area contributed by atoms with Crippen LogP contribution in [-0.4, -0.2) is 13.7 Å². The third kappa shape index (κ3) is 2.23. The highest BCUT2D eigenvalue weighted by Crippen LogP contribution is 2.35. The summed E-state index contributed by atoms with van der Waals surface area (Å²) < 4.78 is 19.8. The van der Waals surface area contributed by atoms with E-state index >= 15 is 0 Å². The molecule has 16 heavy (non-hydrogen) atoms. The molecule has 1 saturated heterocycles. The molecule has 1 aliphatic rings. The lowest BCUT2D eigenvalue weighted by Crippen LogP contribution is -2.28. The first kappa shape index (κ1) is 11.9. The van der Waals surface area contributed by atoms with Crippen LogP contribution in [0.15, 0.2) is 16.6 Å². The molecule has 0 radical (unpaired) electrons. The second kappa shape index (κ2) is 5.15. The fraction of sp³-hybridized carbons (Fsp3) is 0.500. The Kier molecular flexibility index (Phi) is 3.82. The third-order valence-corrected chi connectivity index (χ3v) is 3.58. The molecule has 0 saturated carbocycles. The molecule has 1 unspecified atom stereocenters. The van der Waals surface area contributed by atoms with Crippen LogP contribution < -0.4 is 10.1 Å². The molecule has 0 aromatic heterocycles. The SMILES string of the molecule is COc1ccc(Br)c(F)c1C1CCCCN1. The normalized spacial score (nSPS) is 20.8. The smallest absolute Gasteiger partial charge is 0.145 e. The lowest BCUT2D eigenvalue weighted by Gasteiger charge is -2.26. The second-order valence-corrected chi connectivity index (χ2v) is 4.83. The Morgan fingerprint density at radius 3 is 2.88 bits per heavy atom. The number of benzene rings is 1. The maximum atomic E-state index is 14.1. The van der Waals surface area contributed by atoms with Crippen LogP contribution >= 0.6 is 15.9 Å². The first-order chi connectivity index (χ1) is 7.74. The molecular formula is C12H15BrFNO. The minimum atomic E-state index is -0.209. The summed E-state index contributed by atoms with van der Waals surface area (Å²) in [6.45, 7) is 0.944. The lowest BCUT2D eigenvalue weighted by atomic mass is 9.96. The van der Waals surface area contributed by atoms with Gasteiger partial charge in [0.2, 0.25) is 0 Å². The van der Waals surface area contributed by atoms with Gasteiger partial charge in [-0.1, -0.05) is 6.42 Å². The zero-order valence-corrected chi connectivity index (χ0v) is 10.8. The van der Waals surface area contributed by atoms with Crippen LogP contribution in [0.2, 0.25) is 0 Å². The molecule has 2 nitrogen and oxygen atoms in total. The highest BCUT2D eigenvalue weighted by molar-refractivity contribution is 9.10. The van der Waals surface area contributed by atoms with Crippen molar-refractivity contribution in [3.8, 4) is 5.75 Å². The van der Waals surface area contributed by atoms with Crippen LogP contribution in [0, 0.1) is 5.82 Å². The molecule has 1 aliphatic heterocycles. The third-order valence-electron chi connectivity index (χ3n) is 2.97. The van der Waals surface area contributed by atoms with Crippen LogP contribution in [-0.2, 0) is 0 Å². The molecule has 1 atom stereocenters. The fourth-order valence-corrected chi connectivity index (χ4v) is 2.50. The summed E-state index contributed by atoms with van der Waals surface area (Å²) in [4.78, 5) is 0. The minimum Gasteiger partial charge on any atom is -0.496 e. The van der Waals surface area contributed by atoms with E-state index < -0.39 is 0 Å². The topological polar surface area (TPSA) is 21.3 Å². The van der Waals surface area contributed by atoms with Crippen molar-refractivity contribution in [3.05, 3.63) is 28.0 Å². The standard InChI is InChI=1S/C12H15BrFNO/c1-16-10-6-5-8(13)12(14)11(10)9-4-2-3-7-15-9/h5-6,9,15H,2-4,7H2,1H3. The summed E-state index contributed by atoms with van der Waals surface area (Å²) >= 11 is 3.22. The van der Waals surface area contributed by atoms with Gasteiger partial charge in [0.05, 0.1) is 11.6 Å². The molecule has 1 aromatic rings. The number of hydrogen-bond donors (Lipinski definition) is 1. The van der Waals surface area contributed by atoms with Gasteiger partial charge >= 0.3 is 0 Å². The Bertz CT molecular complexity index is 378. The molecule has 0 bridgehead atoms. The van der Waals surface area contributed by atoms with E-state index in [1.54, 1.807) is 19.2 Å². The van der Waals surface area contributed by atoms with E-state index in [4.69, 9.17) is 4.74 Å². The van der Waals surface area contributed by atoms with Gasteiger partial charge in [-0.05, 0) is 47.4 Å². The van der Waals surface area contributed by atoms with Crippen LogP contribution in [0.4, 0.5) is 4.39 Å². The predicted molar refractivity (Wildman–Crippen MR) is 65.2 cm³/mol. The molecule has 0 spiro atoms. The number of hydrogen-bond acceptors (Lipinski definition) is 2. The van der Waals surface area contributed by atoms with E-state index in [0.29, 0.717) is 15.8 Å². The monoisotopic (exact) mass is 287 g/mol. The van der Waals surface area contributed by atoms with Gasteiger partial charge in [-0.15, -0.1) is 0 Å². The summed E-state index contributed by atoms with van der Waals surface area (Å²) in [5.74, 6) is 0.416. The van der Waals surface area contributed by atoms with E-state index in [0.717, 1.165) is 25.8 Å². The first-order valence-corrected chi connectivity index (χ1v) is 6.28. The summed E-state index contributed by atoms with van der Waals surface area (Å²) in [5, 5.41) is 3.34. The van der Waals surface area contributed by atoms with Gasteiger partial charge in [0.1, 0.15) is 11.6 Å². The van der Waals surface area contributed by atoms with Crippen molar-refractivity contribution in [2.24, 2.45) is 0 Å². The molecule has 0 aliphatic carbocycles. The number of methoxy groups -OCH3 is 1. The Morgan fingerprint density at radius 1 is 1.44 bits per heavy atom. The largest absolute Gasteiger partial charge is 0.496 e. The highest BCUT2D eigenvalue weighted by Gasteiger charge is 2.23. The molecule has 1 N–H and O–H groups in total. The van der Waals surface area contributed by atoms with Crippen molar-refractivity contribution >= 4 is 15.9 Å². The number of ether oxygens (including phenoxy) is 1. The summed E-state index contributed by atoms with van der Waals surface area (Å²) in [5.41, 5.74) is 0.650. The molecule has 1 aromatic carbocycles. The van der Waals surface area contributed by atoms with Gasteiger partial charge in [-0.3, -0.25) is 0 Å². The van der Waals surface area contributed by atoms with Gasteiger partial charge in [-0.2, -0.15) is 0 Å². The summed E-state index contributed by atoms with van der Waals surface area (Å²) in [7, 11) is 1.58. The lowest BCUT2D eigenvalue weighted by molar-refractivity contribution is 0.361. The average molecular weight is 288 g/mol. The Morgan fingerprint density at radius 2 is 2.25 bits per heavy atom. The molecule has 1 heterocycles. The number of nitrogens with one attached hydrogen (secondary N) is 1. The summed E-state index contributed by atoms with van der Waals surface area (Å²) in [6.07, 6.45) is 3.25. The maximum Gasteiger partial charge on any atom is 0.145 e. The predicted octanol–water partition coefficient (Wildman–Crippen LogP) is 3.41. The summed E-state index contributed by atoms with van der Waals surface area (Å²) in [6, 6.07) is 3.56. The zero-order valence-electron chi connectivity index (χ0n) is 9.22. The minimum absolute atomic E-state index is 0.0706. The number of piperidine rings is 1. The van der Waals surface area contributed by atoms with Crippen molar-refractivity contribution in [1.82, 2.24) is 5.32 Å². The average Bonchev–Trinajstić information content (AvgIpc) is 2.33. The van der Waals surface area contributed by atoms with Crippen molar-refractivity contribution in [3.63, 3.8) is 0 Å². The number of rotatable bonds is 2. The molecule has 4 heteroatoms. The Hall–Kier alpha value is -0.610. The van der Waals surface area contributed by atoms with Crippen molar-refractivity contribution in [1.29, 1.82) is 0 Å². The number of halogens is 2. The van der Waals surface area contributed by atoms with Gasteiger partial charge in [-0.25, -0.2) is 4.39 Å². The van der Waals surface area contributed by atoms with Gasteiger partial charge in [0.25, 0.3) is 0 Å². The maximum absolute atomic E-state index is 14.1. The van der Waals surface area contributed by atoms with Crippen LogP contribution in [0.5, 0.6) is 5.75 Å². The fourth-order valence-electron chi connectivity index (χ4n) is 2.15. The van der Waals surface area contributed by atoms with E-state index in [1.807, 2.05) is 0 Å². The first-order valence-electron chi connectivity index (χ1n) is 5.49.